The Morgan fingerprint density at radius 2 is 1.72 bits per heavy atom. The van der Waals surface area contributed by atoms with Crippen molar-refractivity contribution in [3.05, 3.63) is 59.3 Å². The summed E-state index contributed by atoms with van der Waals surface area (Å²) in [7, 11) is 0. The normalized spacial score (nSPS) is 10.7. The summed E-state index contributed by atoms with van der Waals surface area (Å²) in [6.45, 7) is 5.47. The number of hydrogen-bond acceptors (Lipinski definition) is 2. The zero-order valence-corrected chi connectivity index (χ0v) is 14.6. The number of carbonyl (C=O) groups excluding carboxylic acids is 2. The van der Waals surface area contributed by atoms with Crippen molar-refractivity contribution < 1.29 is 9.59 Å². The van der Waals surface area contributed by atoms with E-state index in [1.54, 1.807) is 24.3 Å². The van der Waals surface area contributed by atoms with Gasteiger partial charge in [-0.3, -0.25) is 9.59 Å². The number of aromatic nitrogens is 1. The van der Waals surface area contributed by atoms with Crippen LogP contribution in [0.4, 0.5) is 11.4 Å². The zero-order chi connectivity index (χ0) is 18.0. The molecule has 0 spiro atoms. The molecule has 0 unspecified atom stereocenters. The lowest BCUT2D eigenvalue weighted by Crippen LogP contribution is -2.15. The van der Waals surface area contributed by atoms with Gasteiger partial charge in [-0.2, -0.15) is 0 Å². The molecule has 1 aromatic heterocycles. The number of rotatable bonds is 4. The first-order valence-electron chi connectivity index (χ1n) is 8.17. The highest BCUT2D eigenvalue weighted by atomic mass is 16.2. The number of aromatic amines is 1. The third kappa shape index (κ3) is 3.88. The molecule has 0 saturated carbocycles. The highest BCUT2D eigenvalue weighted by Gasteiger charge is 2.13. The van der Waals surface area contributed by atoms with Gasteiger partial charge in [-0.15, -0.1) is 0 Å². The van der Waals surface area contributed by atoms with E-state index >= 15 is 0 Å². The topological polar surface area (TPSA) is 74.0 Å². The van der Waals surface area contributed by atoms with Crippen molar-refractivity contribution >= 4 is 34.1 Å². The van der Waals surface area contributed by atoms with Crippen LogP contribution in [-0.2, 0) is 16.0 Å². The fourth-order valence-corrected chi connectivity index (χ4v) is 2.97. The van der Waals surface area contributed by atoms with E-state index in [4.69, 9.17) is 0 Å². The Morgan fingerprint density at radius 3 is 2.44 bits per heavy atom. The number of fused-ring (bicyclic) bond motifs is 1. The molecule has 0 saturated heterocycles. The van der Waals surface area contributed by atoms with Gasteiger partial charge in [0.25, 0.3) is 0 Å². The van der Waals surface area contributed by atoms with Gasteiger partial charge < -0.3 is 15.6 Å². The molecule has 0 aliphatic rings. The Balaban J connectivity index is 1.78. The van der Waals surface area contributed by atoms with Crippen molar-refractivity contribution in [1.82, 2.24) is 4.98 Å². The fraction of sp³-hybridized carbons (Fsp3) is 0.200. The molecule has 0 bridgehead atoms. The van der Waals surface area contributed by atoms with Crippen molar-refractivity contribution in [3.63, 3.8) is 0 Å². The lowest BCUT2D eigenvalue weighted by atomic mass is 10.1. The van der Waals surface area contributed by atoms with Gasteiger partial charge in [0, 0.05) is 34.9 Å². The van der Waals surface area contributed by atoms with Crippen LogP contribution in [0.5, 0.6) is 0 Å². The van der Waals surface area contributed by atoms with Crippen molar-refractivity contribution in [2.75, 3.05) is 10.6 Å². The van der Waals surface area contributed by atoms with Gasteiger partial charge in [0.05, 0.1) is 6.42 Å². The summed E-state index contributed by atoms with van der Waals surface area (Å²) in [5, 5.41) is 6.69. The Kier molecular flexibility index (Phi) is 4.57. The maximum absolute atomic E-state index is 12.5. The summed E-state index contributed by atoms with van der Waals surface area (Å²) in [4.78, 5) is 27.0. The molecule has 0 radical (unpaired) electrons. The number of hydrogen-bond donors (Lipinski definition) is 3. The van der Waals surface area contributed by atoms with Crippen LogP contribution in [-0.4, -0.2) is 16.8 Å². The Hall–Kier alpha value is -3.08. The van der Waals surface area contributed by atoms with Crippen LogP contribution < -0.4 is 10.6 Å². The van der Waals surface area contributed by atoms with Crippen LogP contribution in [0.2, 0.25) is 0 Å². The molecule has 1 heterocycles. The second kappa shape index (κ2) is 6.81. The number of benzene rings is 2. The minimum atomic E-state index is -0.145. The van der Waals surface area contributed by atoms with Crippen molar-refractivity contribution in [3.8, 4) is 0 Å². The third-order valence-electron chi connectivity index (χ3n) is 4.08. The van der Waals surface area contributed by atoms with Crippen LogP contribution in [0.3, 0.4) is 0 Å². The molecule has 0 atom stereocenters. The average Bonchev–Trinajstić information content (AvgIpc) is 2.82. The van der Waals surface area contributed by atoms with E-state index in [0.29, 0.717) is 17.8 Å². The van der Waals surface area contributed by atoms with Gasteiger partial charge in [0.1, 0.15) is 0 Å². The molecule has 2 amide bonds. The van der Waals surface area contributed by atoms with Gasteiger partial charge in [-0.05, 0) is 49.7 Å². The van der Waals surface area contributed by atoms with Gasteiger partial charge in [0.2, 0.25) is 11.8 Å². The van der Waals surface area contributed by atoms with Gasteiger partial charge in [0.15, 0.2) is 0 Å². The lowest BCUT2D eigenvalue weighted by molar-refractivity contribution is -0.115. The molecule has 3 aromatic rings. The highest BCUT2D eigenvalue weighted by Crippen LogP contribution is 2.24. The summed E-state index contributed by atoms with van der Waals surface area (Å²) in [5.41, 5.74) is 5.53. The molecule has 3 rings (SSSR count). The van der Waals surface area contributed by atoms with Crippen molar-refractivity contribution in [2.24, 2.45) is 0 Å². The maximum Gasteiger partial charge on any atom is 0.228 e. The predicted molar refractivity (Wildman–Crippen MR) is 101 cm³/mol. The molecule has 3 N–H and O–H groups in total. The molecular formula is C20H21N3O2. The van der Waals surface area contributed by atoms with Crippen LogP contribution in [0.15, 0.2) is 42.5 Å². The molecule has 2 aromatic carbocycles. The first kappa shape index (κ1) is 16.8. The number of nitrogens with one attached hydrogen (secondary N) is 3. The average molecular weight is 335 g/mol. The van der Waals surface area contributed by atoms with Gasteiger partial charge in [-0.25, -0.2) is 0 Å². The quantitative estimate of drug-likeness (QED) is 0.676. The summed E-state index contributed by atoms with van der Waals surface area (Å²) in [6.07, 6.45) is 0.291. The highest BCUT2D eigenvalue weighted by molar-refractivity contribution is 5.97. The maximum atomic E-state index is 12.5. The Labute approximate surface area is 146 Å². The Bertz CT molecular complexity index is 957. The summed E-state index contributed by atoms with van der Waals surface area (Å²) >= 11 is 0. The van der Waals surface area contributed by atoms with Crippen molar-refractivity contribution in [2.45, 2.75) is 27.2 Å². The first-order chi connectivity index (χ1) is 11.9. The summed E-state index contributed by atoms with van der Waals surface area (Å²) in [5.74, 6) is -0.237. The zero-order valence-electron chi connectivity index (χ0n) is 14.6. The second-order valence-corrected chi connectivity index (χ2v) is 6.26. The van der Waals surface area contributed by atoms with E-state index < -0.39 is 0 Å². The third-order valence-corrected chi connectivity index (χ3v) is 4.08. The number of aryl methyl sites for hydroxylation is 2. The molecule has 5 nitrogen and oxygen atoms in total. The number of carbonyl (C=O) groups is 2. The standard InChI is InChI=1S/C20H21N3O2/c1-12-7-8-19-18(9-12)17(13(2)21-19)11-20(25)23-16-6-4-5-15(10-16)22-14(3)24/h4-10,21H,11H2,1-3H3,(H,22,24)(H,23,25). The minimum absolute atomic E-state index is 0.0921. The number of anilines is 2. The molecular weight excluding hydrogens is 314 g/mol. The predicted octanol–water partition coefficient (Wildman–Crippen LogP) is 3.92. The SMILES string of the molecule is CC(=O)Nc1cccc(NC(=O)Cc2c(C)[nH]c3ccc(C)cc23)c1. The van der Waals surface area contributed by atoms with E-state index in [1.165, 1.54) is 6.92 Å². The first-order valence-corrected chi connectivity index (χ1v) is 8.17. The fourth-order valence-electron chi connectivity index (χ4n) is 2.97. The summed E-state index contributed by atoms with van der Waals surface area (Å²) < 4.78 is 0. The van der Waals surface area contributed by atoms with Crippen LogP contribution in [0.25, 0.3) is 10.9 Å². The smallest absolute Gasteiger partial charge is 0.228 e. The number of H-pyrrole nitrogens is 1. The van der Waals surface area contributed by atoms with E-state index in [9.17, 15) is 9.59 Å². The molecule has 0 fully saturated rings. The molecule has 5 heteroatoms. The lowest BCUT2D eigenvalue weighted by Gasteiger charge is -2.08. The molecule has 0 aliphatic carbocycles. The summed E-state index contributed by atoms with van der Waals surface area (Å²) in [6, 6.07) is 13.3. The number of amides is 2. The van der Waals surface area contributed by atoms with E-state index in [0.717, 1.165) is 27.7 Å². The monoisotopic (exact) mass is 335 g/mol. The second-order valence-electron chi connectivity index (χ2n) is 6.26. The Morgan fingerprint density at radius 1 is 1.00 bits per heavy atom. The van der Waals surface area contributed by atoms with Crippen molar-refractivity contribution in [1.29, 1.82) is 0 Å². The van der Waals surface area contributed by atoms with Crippen LogP contribution in [0, 0.1) is 13.8 Å². The van der Waals surface area contributed by atoms with E-state index in [1.807, 2.05) is 19.9 Å². The van der Waals surface area contributed by atoms with Crippen LogP contribution in [0.1, 0.15) is 23.7 Å². The largest absolute Gasteiger partial charge is 0.358 e. The molecule has 25 heavy (non-hydrogen) atoms. The minimum Gasteiger partial charge on any atom is -0.358 e. The van der Waals surface area contributed by atoms with E-state index in [2.05, 4.69) is 27.8 Å². The molecule has 0 aliphatic heterocycles. The van der Waals surface area contributed by atoms with E-state index in [-0.39, 0.29) is 11.8 Å². The van der Waals surface area contributed by atoms with Gasteiger partial charge in [-0.1, -0.05) is 17.7 Å². The van der Waals surface area contributed by atoms with Crippen LogP contribution >= 0.6 is 0 Å². The molecule has 128 valence electrons. The van der Waals surface area contributed by atoms with Gasteiger partial charge >= 0.3 is 0 Å².